The summed E-state index contributed by atoms with van der Waals surface area (Å²) in [6.45, 7) is 4.95. The molecule has 23 heavy (non-hydrogen) atoms. The highest BCUT2D eigenvalue weighted by Crippen LogP contribution is 2.24. The summed E-state index contributed by atoms with van der Waals surface area (Å²) < 4.78 is 40.3. The fourth-order valence-corrected chi connectivity index (χ4v) is 1.84. The molecule has 0 radical (unpaired) electrons. The number of carbonyl (C=O) groups excluding carboxylic acids is 1. The fourth-order valence-electron chi connectivity index (χ4n) is 1.84. The average molecular weight is 330 g/mol. The summed E-state index contributed by atoms with van der Waals surface area (Å²) in [7, 11) is 1.55. The molecule has 0 aliphatic rings. The van der Waals surface area contributed by atoms with Gasteiger partial charge < -0.3 is 10.1 Å². The lowest BCUT2D eigenvalue weighted by Gasteiger charge is -2.23. The second kappa shape index (κ2) is 8.16. The van der Waals surface area contributed by atoms with E-state index in [1.54, 1.807) is 7.05 Å². The predicted octanol–water partition coefficient (Wildman–Crippen LogP) is 2.34. The number of hydrogen-bond donors (Lipinski definition) is 1. The summed E-state index contributed by atoms with van der Waals surface area (Å²) in [5.74, 6) is -0.625. The van der Waals surface area contributed by atoms with Gasteiger partial charge in [0.1, 0.15) is 12.1 Å². The minimum absolute atomic E-state index is 0.222. The molecule has 0 bridgehead atoms. The Labute approximate surface area is 131 Å². The summed E-state index contributed by atoms with van der Waals surface area (Å²) >= 11 is 0. The highest BCUT2D eigenvalue weighted by molar-refractivity contribution is 5.73. The van der Waals surface area contributed by atoms with Crippen molar-refractivity contribution in [3.05, 3.63) is 29.8 Å². The summed E-state index contributed by atoms with van der Waals surface area (Å²) in [5.41, 5.74) is 0.591. The number of rotatable bonds is 7. The van der Waals surface area contributed by atoms with Gasteiger partial charge in [0.2, 0.25) is 5.91 Å². The number of nitrogens with zero attached hydrogens (tertiary/aromatic N) is 3. The quantitative estimate of drug-likeness (QED) is 0.474. The molecule has 0 aromatic heterocycles. The van der Waals surface area contributed by atoms with Crippen molar-refractivity contribution in [2.75, 3.05) is 13.6 Å². The number of hydrogen-bond acceptors (Lipinski definition) is 4. The number of hydrazone groups is 1. The molecule has 1 unspecified atom stereocenters. The number of nitrogens with one attached hydrogen (secondary N) is 1. The van der Waals surface area contributed by atoms with E-state index in [1.807, 2.05) is 0 Å². The van der Waals surface area contributed by atoms with E-state index in [4.69, 9.17) is 0 Å². The third kappa shape index (κ3) is 6.81. The van der Waals surface area contributed by atoms with Crippen molar-refractivity contribution < 1.29 is 22.7 Å². The number of halogens is 3. The summed E-state index contributed by atoms with van der Waals surface area (Å²) in [4.78, 5) is 15.1. The first-order chi connectivity index (χ1) is 10.7. The van der Waals surface area contributed by atoms with Crippen molar-refractivity contribution in [2.45, 2.75) is 19.3 Å². The third-order valence-electron chi connectivity index (χ3n) is 2.69. The van der Waals surface area contributed by atoms with Gasteiger partial charge in [-0.15, -0.1) is 13.2 Å². The molecule has 1 rings (SSSR count). The number of alkyl halides is 3. The van der Waals surface area contributed by atoms with Crippen molar-refractivity contribution in [3.8, 4) is 5.75 Å². The van der Waals surface area contributed by atoms with Gasteiger partial charge in [0.15, 0.2) is 0 Å². The molecule has 0 aliphatic heterocycles. The Kier molecular flexibility index (Phi) is 6.55. The van der Waals surface area contributed by atoms with Gasteiger partial charge in [-0.05, 0) is 17.7 Å². The molecule has 1 amide bonds. The molecule has 1 N–H and O–H groups in total. The van der Waals surface area contributed by atoms with Crippen molar-refractivity contribution in [2.24, 2.45) is 10.1 Å². The highest BCUT2D eigenvalue weighted by Gasteiger charge is 2.31. The first-order valence-corrected chi connectivity index (χ1v) is 6.53. The summed E-state index contributed by atoms with van der Waals surface area (Å²) in [6.07, 6.45) is -3.33. The van der Waals surface area contributed by atoms with Gasteiger partial charge in [-0.1, -0.05) is 12.1 Å². The monoisotopic (exact) mass is 330 g/mol. The lowest BCUT2D eigenvalue weighted by atomic mass is 10.1. The maximum absolute atomic E-state index is 12.2. The van der Waals surface area contributed by atoms with Crippen LogP contribution in [0.2, 0.25) is 0 Å². The van der Waals surface area contributed by atoms with Crippen LogP contribution >= 0.6 is 0 Å². The number of benzene rings is 1. The summed E-state index contributed by atoms with van der Waals surface area (Å²) in [5, 5.41) is 7.82. The predicted molar refractivity (Wildman–Crippen MR) is 80.4 cm³/mol. The normalized spacial score (nSPS) is 12.7. The number of amides is 1. The molecular weight excluding hydrogens is 313 g/mol. The van der Waals surface area contributed by atoms with E-state index in [0.29, 0.717) is 5.56 Å². The Morgan fingerprint density at radius 2 is 2.04 bits per heavy atom. The molecule has 0 saturated carbocycles. The molecule has 1 aromatic carbocycles. The lowest BCUT2D eigenvalue weighted by Crippen LogP contribution is -2.34. The van der Waals surface area contributed by atoms with Gasteiger partial charge in [-0.25, -0.2) is 0 Å². The van der Waals surface area contributed by atoms with Crippen LogP contribution in [-0.4, -0.2) is 43.9 Å². The van der Waals surface area contributed by atoms with Crippen LogP contribution in [0.25, 0.3) is 0 Å². The molecule has 0 aliphatic carbocycles. The van der Waals surface area contributed by atoms with E-state index >= 15 is 0 Å². The van der Waals surface area contributed by atoms with Crippen LogP contribution in [0.5, 0.6) is 5.75 Å². The molecule has 9 heteroatoms. The molecule has 0 spiro atoms. The maximum Gasteiger partial charge on any atom is 0.573 e. The third-order valence-corrected chi connectivity index (χ3v) is 2.69. The summed E-state index contributed by atoms with van der Waals surface area (Å²) in [6, 6.07) is 4.72. The minimum Gasteiger partial charge on any atom is -0.406 e. The van der Waals surface area contributed by atoms with Crippen LogP contribution in [0.15, 0.2) is 34.4 Å². The van der Waals surface area contributed by atoms with Gasteiger partial charge in [0.25, 0.3) is 0 Å². The zero-order valence-corrected chi connectivity index (χ0v) is 12.7. The van der Waals surface area contributed by atoms with Gasteiger partial charge in [0.05, 0.1) is 12.6 Å². The number of carbonyl (C=O) groups is 1. The molecule has 1 aromatic rings. The molecule has 0 heterocycles. The Balaban J connectivity index is 2.93. The van der Waals surface area contributed by atoms with Gasteiger partial charge in [-0.3, -0.25) is 14.8 Å². The van der Waals surface area contributed by atoms with Crippen LogP contribution in [0, 0.1) is 0 Å². The van der Waals surface area contributed by atoms with Crippen molar-refractivity contribution >= 4 is 19.0 Å². The van der Waals surface area contributed by atoms with Crippen LogP contribution in [0.1, 0.15) is 18.5 Å². The van der Waals surface area contributed by atoms with E-state index < -0.39 is 12.4 Å². The fraction of sp³-hybridized carbons (Fsp3) is 0.357. The molecule has 6 nitrogen and oxygen atoms in total. The van der Waals surface area contributed by atoms with E-state index in [-0.39, 0.29) is 18.2 Å². The second-order valence-electron chi connectivity index (χ2n) is 4.51. The maximum atomic E-state index is 12.2. The van der Waals surface area contributed by atoms with Crippen LogP contribution in [-0.2, 0) is 4.79 Å². The van der Waals surface area contributed by atoms with Crippen molar-refractivity contribution in [1.29, 1.82) is 0 Å². The average Bonchev–Trinajstić information content (AvgIpc) is 2.44. The van der Waals surface area contributed by atoms with Crippen molar-refractivity contribution in [1.82, 2.24) is 10.3 Å². The topological polar surface area (TPSA) is 66.3 Å². The second-order valence-corrected chi connectivity index (χ2v) is 4.51. The Bertz CT molecular complexity index is 558. The Hall–Kier alpha value is -2.58. The number of ether oxygens (including phenoxy) is 1. The largest absolute Gasteiger partial charge is 0.573 e. The number of aliphatic imine (C=N–C) groups is 1. The molecule has 0 fully saturated rings. The van der Waals surface area contributed by atoms with Gasteiger partial charge in [-0.2, -0.15) is 5.10 Å². The molecular formula is C14H17F3N4O2. The van der Waals surface area contributed by atoms with Crippen LogP contribution in [0.3, 0.4) is 0 Å². The Morgan fingerprint density at radius 3 is 2.48 bits per heavy atom. The molecule has 126 valence electrons. The molecule has 1 atom stereocenters. The first-order valence-electron chi connectivity index (χ1n) is 6.53. The van der Waals surface area contributed by atoms with Crippen LogP contribution < -0.4 is 10.1 Å². The van der Waals surface area contributed by atoms with E-state index in [0.717, 1.165) is 0 Å². The van der Waals surface area contributed by atoms with E-state index in [9.17, 15) is 18.0 Å². The van der Waals surface area contributed by atoms with Gasteiger partial charge in [0, 0.05) is 20.7 Å². The van der Waals surface area contributed by atoms with Crippen LogP contribution in [0.4, 0.5) is 13.2 Å². The first kappa shape index (κ1) is 18.5. The van der Waals surface area contributed by atoms with Crippen molar-refractivity contribution in [3.63, 3.8) is 0 Å². The minimum atomic E-state index is -4.75. The highest BCUT2D eigenvalue weighted by atomic mass is 19.4. The van der Waals surface area contributed by atoms with E-state index in [1.165, 1.54) is 42.5 Å². The smallest absolute Gasteiger partial charge is 0.406 e. The standard InChI is InChI=1S/C14H17F3N4O2/c1-10(22)20-13(8-21(19-3)9-18-2)11-4-6-12(7-5-11)23-14(15,16)17/h4-7,9,13H,3,8H2,1-2H3,(H,20,22). The van der Waals surface area contributed by atoms with E-state index in [2.05, 4.69) is 26.9 Å². The zero-order chi connectivity index (χ0) is 17.5. The molecule has 0 saturated heterocycles. The SMILES string of the molecule is C=NN(C=NC)CC(NC(C)=O)c1ccc(OC(F)(F)F)cc1. The van der Waals surface area contributed by atoms with Gasteiger partial charge >= 0.3 is 6.36 Å². The lowest BCUT2D eigenvalue weighted by molar-refractivity contribution is -0.274. The Morgan fingerprint density at radius 1 is 1.43 bits per heavy atom. The zero-order valence-electron chi connectivity index (χ0n) is 12.7.